The van der Waals surface area contributed by atoms with Crippen molar-refractivity contribution in [1.29, 1.82) is 0 Å². The van der Waals surface area contributed by atoms with Crippen molar-refractivity contribution in [3.05, 3.63) is 18.0 Å². The van der Waals surface area contributed by atoms with Gasteiger partial charge in [0.25, 0.3) is 0 Å². The molecule has 2 rings (SSSR count). The lowest BCUT2D eigenvalue weighted by Gasteiger charge is -2.29. The molecule has 0 aromatic carbocycles. The van der Waals surface area contributed by atoms with Crippen LogP contribution in [-0.2, 0) is 6.18 Å². The zero-order chi connectivity index (χ0) is 13.2. The van der Waals surface area contributed by atoms with Crippen LogP contribution >= 0.6 is 0 Å². The Bertz CT molecular complexity index is 400. The van der Waals surface area contributed by atoms with Gasteiger partial charge >= 0.3 is 6.18 Å². The molecule has 0 radical (unpaired) electrons. The van der Waals surface area contributed by atoms with E-state index < -0.39 is 11.9 Å². The standard InChI is InChI=1S/C11H15F3N4/c1-18-6-3-8(4-7-18)16-10-15-5-2-9(17-10)11(12,13)14/h2,5,8H,3-4,6-7H2,1H3,(H,15,16,17). The predicted molar refractivity (Wildman–Crippen MR) is 61.2 cm³/mol. The summed E-state index contributed by atoms with van der Waals surface area (Å²) in [6.07, 6.45) is -1.52. The minimum atomic E-state index is -4.42. The van der Waals surface area contributed by atoms with E-state index in [2.05, 4.69) is 20.2 Å². The number of hydrogen-bond donors (Lipinski definition) is 1. The molecule has 1 N–H and O–H groups in total. The molecule has 7 heteroatoms. The van der Waals surface area contributed by atoms with Gasteiger partial charge in [-0.05, 0) is 39.0 Å². The molecule has 0 spiro atoms. The van der Waals surface area contributed by atoms with Crippen molar-refractivity contribution in [2.45, 2.75) is 25.1 Å². The van der Waals surface area contributed by atoms with Crippen molar-refractivity contribution in [1.82, 2.24) is 14.9 Å². The number of alkyl halides is 3. The monoisotopic (exact) mass is 260 g/mol. The maximum Gasteiger partial charge on any atom is 0.433 e. The number of nitrogens with zero attached hydrogens (tertiary/aromatic N) is 3. The van der Waals surface area contributed by atoms with Gasteiger partial charge in [-0.3, -0.25) is 0 Å². The SMILES string of the molecule is CN1CCC(Nc2nccc(C(F)(F)F)n2)CC1. The molecule has 1 aliphatic heterocycles. The maximum atomic E-state index is 12.5. The van der Waals surface area contributed by atoms with Crippen LogP contribution in [0, 0.1) is 0 Å². The Hall–Kier alpha value is -1.37. The Morgan fingerprint density at radius 1 is 1.33 bits per heavy atom. The van der Waals surface area contributed by atoms with E-state index in [-0.39, 0.29) is 12.0 Å². The lowest BCUT2D eigenvalue weighted by Crippen LogP contribution is -2.37. The highest BCUT2D eigenvalue weighted by molar-refractivity contribution is 5.27. The minimum Gasteiger partial charge on any atom is -0.351 e. The first-order valence-electron chi connectivity index (χ1n) is 5.80. The van der Waals surface area contributed by atoms with Crippen molar-refractivity contribution in [2.75, 3.05) is 25.5 Å². The zero-order valence-electron chi connectivity index (χ0n) is 10.0. The highest BCUT2D eigenvalue weighted by atomic mass is 19.4. The molecule has 0 bridgehead atoms. The van der Waals surface area contributed by atoms with Crippen LogP contribution in [0.15, 0.2) is 12.3 Å². The van der Waals surface area contributed by atoms with Crippen LogP contribution in [0.25, 0.3) is 0 Å². The summed E-state index contributed by atoms with van der Waals surface area (Å²) >= 11 is 0. The van der Waals surface area contributed by atoms with E-state index in [0.29, 0.717) is 0 Å². The molecule has 0 amide bonds. The number of aromatic nitrogens is 2. The molecular weight excluding hydrogens is 245 g/mol. The Kier molecular flexibility index (Phi) is 3.70. The largest absolute Gasteiger partial charge is 0.433 e. The molecule has 100 valence electrons. The number of likely N-dealkylation sites (tertiary alicyclic amines) is 1. The Labute approximate surface area is 103 Å². The fourth-order valence-electron chi connectivity index (χ4n) is 1.92. The first-order valence-corrected chi connectivity index (χ1v) is 5.80. The van der Waals surface area contributed by atoms with E-state index in [1.807, 2.05) is 7.05 Å². The number of anilines is 1. The first kappa shape index (κ1) is 13.1. The highest BCUT2D eigenvalue weighted by Crippen LogP contribution is 2.27. The normalized spacial score (nSPS) is 18.9. The van der Waals surface area contributed by atoms with Gasteiger partial charge in [0.05, 0.1) is 0 Å². The smallest absolute Gasteiger partial charge is 0.351 e. The molecule has 1 aromatic rings. The summed E-state index contributed by atoms with van der Waals surface area (Å²) in [5.41, 5.74) is -0.909. The molecule has 1 fully saturated rings. The van der Waals surface area contributed by atoms with Gasteiger partial charge in [0.1, 0.15) is 5.69 Å². The molecule has 0 saturated carbocycles. The number of piperidine rings is 1. The average molecular weight is 260 g/mol. The van der Waals surface area contributed by atoms with E-state index in [1.165, 1.54) is 0 Å². The minimum absolute atomic E-state index is 0.0550. The number of nitrogens with one attached hydrogen (secondary N) is 1. The molecule has 4 nitrogen and oxygen atoms in total. The van der Waals surface area contributed by atoms with Crippen LogP contribution in [0.5, 0.6) is 0 Å². The predicted octanol–water partition coefficient (Wildman–Crippen LogP) is 2.00. The van der Waals surface area contributed by atoms with Crippen molar-refractivity contribution in [2.24, 2.45) is 0 Å². The Morgan fingerprint density at radius 2 is 2.00 bits per heavy atom. The van der Waals surface area contributed by atoms with Crippen LogP contribution in [-0.4, -0.2) is 41.0 Å². The van der Waals surface area contributed by atoms with E-state index in [1.54, 1.807) is 0 Å². The van der Waals surface area contributed by atoms with Crippen molar-refractivity contribution in [3.8, 4) is 0 Å². The van der Waals surface area contributed by atoms with E-state index in [0.717, 1.165) is 38.2 Å². The fraction of sp³-hybridized carbons (Fsp3) is 0.636. The summed E-state index contributed by atoms with van der Waals surface area (Å²) in [4.78, 5) is 9.51. The Balaban J connectivity index is 2.01. The van der Waals surface area contributed by atoms with Gasteiger partial charge in [-0.15, -0.1) is 0 Å². The molecular formula is C11H15F3N4. The van der Waals surface area contributed by atoms with Crippen LogP contribution < -0.4 is 5.32 Å². The third-order valence-corrected chi connectivity index (χ3v) is 3.00. The van der Waals surface area contributed by atoms with E-state index in [9.17, 15) is 13.2 Å². The summed E-state index contributed by atoms with van der Waals surface area (Å²) in [6.45, 7) is 1.85. The van der Waals surface area contributed by atoms with Gasteiger partial charge < -0.3 is 10.2 Å². The summed E-state index contributed by atoms with van der Waals surface area (Å²) < 4.78 is 37.4. The molecule has 1 saturated heterocycles. The van der Waals surface area contributed by atoms with Crippen LogP contribution in [0.2, 0.25) is 0 Å². The molecule has 0 atom stereocenters. The van der Waals surface area contributed by atoms with Gasteiger partial charge in [0.2, 0.25) is 5.95 Å². The highest BCUT2D eigenvalue weighted by Gasteiger charge is 2.33. The lowest BCUT2D eigenvalue weighted by atomic mass is 10.1. The molecule has 2 heterocycles. The summed E-state index contributed by atoms with van der Waals surface area (Å²) in [5, 5.41) is 2.96. The second-order valence-electron chi connectivity index (χ2n) is 4.49. The number of hydrogen-bond acceptors (Lipinski definition) is 4. The van der Waals surface area contributed by atoms with E-state index >= 15 is 0 Å². The summed E-state index contributed by atoms with van der Waals surface area (Å²) in [7, 11) is 2.02. The third kappa shape index (κ3) is 3.32. The van der Waals surface area contributed by atoms with Crippen LogP contribution in [0.3, 0.4) is 0 Å². The summed E-state index contributed by atoms with van der Waals surface area (Å²) in [5.74, 6) is 0.0550. The zero-order valence-corrected chi connectivity index (χ0v) is 10.0. The van der Waals surface area contributed by atoms with Gasteiger partial charge in [0, 0.05) is 12.2 Å². The Morgan fingerprint density at radius 3 is 2.61 bits per heavy atom. The number of rotatable bonds is 2. The summed E-state index contributed by atoms with van der Waals surface area (Å²) in [6, 6.07) is 1.02. The van der Waals surface area contributed by atoms with Gasteiger partial charge in [0.15, 0.2) is 0 Å². The van der Waals surface area contributed by atoms with Gasteiger partial charge in [-0.1, -0.05) is 0 Å². The molecule has 18 heavy (non-hydrogen) atoms. The van der Waals surface area contributed by atoms with Crippen molar-refractivity contribution in [3.63, 3.8) is 0 Å². The molecule has 0 unspecified atom stereocenters. The first-order chi connectivity index (χ1) is 8.45. The fourth-order valence-corrected chi connectivity index (χ4v) is 1.92. The molecule has 0 aliphatic carbocycles. The molecule has 1 aliphatic rings. The second-order valence-corrected chi connectivity index (χ2v) is 4.49. The quantitative estimate of drug-likeness (QED) is 0.883. The van der Waals surface area contributed by atoms with Crippen molar-refractivity contribution < 1.29 is 13.2 Å². The van der Waals surface area contributed by atoms with Gasteiger partial charge in [-0.2, -0.15) is 13.2 Å². The topological polar surface area (TPSA) is 41.0 Å². The second kappa shape index (κ2) is 5.09. The van der Waals surface area contributed by atoms with Crippen LogP contribution in [0.4, 0.5) is 19.1 Å². The van der Waals surface area contributed by atoms with E-state index in [4.69, 9.17) is 0 Å². The lowest BCUT2D eigenvalue weighted by molar-refractivity contribution is -0.141. The van der Waals surface area contributed by atoms with Crippen LogP contribution in [0.1, 0.15) is 18.5 Å². The van der Waals surface area contributed by atoms with Crippen molar-refractivity contribution >= 4 is 5.95 Å². The third-order valence-electron chi connectivity index (χ3n) is 3.00. The average Bonchev–Trinajstić information content (AvgIpc) is 2.31. The van der Waals surface area contributed by atoms with Gasteiger partial charge in [-0.25, -0.2) is 9.97 Å². The maximum absolute atomic E-state index is 12.5. The number of halogens is 3. The molecule has 1 aromatic heterocycles.